The van der Waals surface area contributed by atoms with Crippen molar-refractivity contribution in [3.8, 4) is 5.69 Å². The number of benzene rings is 3. The summed E-state index contributed by atoms with van der Waals surface area (Å²) in [7, 11) is 0. The fourth-order valence-electron chi connectivity index (χ4n) is 4.68. The second-order valence-corrected chi connectivity index (χ2v) is 8.29. The molecule has 2 heterocycles. The van der Waals surface area contributed by atoms with Crippen molar-refractivity contribution in [2.24, 2.45) is 0 Å². The van der Waals surface area contributed by atoms with E-state index in [0.717, 1.165) is 0 Å². The molecular weight excluding hydrogens is 334 g/mol. The van der Waals surface area contributed by atoms with Gasteiger partial charge in [0.1, 0.15) is 0 Å². The number of hydrogen-bond acceptors (Lipinski definition) is 1. The third-order valence-electron chi connectivity index (χ3n) is 5.79. The van der Waals surface area contributed by atoms with E-state index in [2.05, 4.69) is 71.3 Å². The van der Waals surface area contributed by atoms with Gasteiger partial charge in [-0.15, -0.1) is 11.3 Å². The van der Waals surface area contributed by atoms with Crippen LogP contribution in [0, 0.1) is 0 Å². The monoisotopic (exact) mass is 353 g/mol. The van der Waals surface area contributed by atoms with Gasteiger partial charge in [0.25, 0.3) is 0 Å². The fraction of sp³-hybridized carbons (Fsp3) is 0.167. The van der Waals surface area contributed by atoms with Gasteiger partial charge < -0.3 is 4.57 Å². The minimum atomic E-state index is 1.19. The lowest BCUT2D eigenvalue weighted by molar-refractivity contribution is 0.667. The van der Waals surface area contributed by atoms with Gasteiger partial charge in [-0.05, 0) is 55.5 Å². The minimum Gasteiger partial charge on any atom is -0.313 e. The third kappa shape index (κ3) is 1.91. The predicted molar refractivity (Wildman–Crippen MR) is 113 cm³/mol. The van der Waals surface area contributed by atoms with Gasteiger partial charge >= 0.3 is 0 Å². The first-order chi connectivity index (χ1) is 12.9. The van der Waals surface area contributed by atoms with E-state index >= 15 is 0 Å². The number of thiophene rings is 1. The van der Waals surface area contributed by atoms with Crippen molar-refractivity contribution in [2.45, 2.75) is 25.7 Å². The summed E-state index contributed by atoms with van der Waals surface area (Å²) in [4.78, 5) is 0. The molecule has 126 valence electrons. The predicted octanol–water partition coefficient (Wildman–Crippen LogP) is 6.88. The second kappa shape index (κ2) is 5.46. The highest BCUT2D eigenvalue weighted by Crippen LogP contribution is 2.43. The summed E-state index contributed by atoms with van der Waals surface area (Å²) in [6, 6.07) is 24.4. The molecule has 0 saturated heterocycles. The molecule has 0 N–H and O–H groups in total. The van der Waals surface area contributed by atoms with Crippen molar-refractivity contribution in [1.82, 2.24) is 4.57 Å². The maximum atomic E-state index is 2.52. The number of aryl methyl sites for hydroxylation is 1. The first kappa shape index (κ1) is 14.6. The normalized spacial score (nSPS) is 14.3. The van der Waals surface area contributed by atoms with E-state index in [1.54, 1.807) is 5.56 Å². The van der Waals surface area contributed by atoms with Gasteiger partial charge in [-0.25, -0.2) is 0 Å². The van der Waals surface area contributed by atoms with Crippen LogP contribution in [0.1, 0.15) is 24.1 Å². The molecule has 0 aliphatic heterocycles. The molecule has 0 unspecified atom stereocenters. The Bertz CT molecular complexity index is 1270. The molecule has 0 radical (unpaired) electrons. The Labute approximate surface area is 156 Å². The smallest absolute Gasteiger partial charge is 0.0549 e. The Morgan fingerprint density at radius 2 is 1.54 bits per heavy atom. The zero-order valence-electron chi connectivity index (χ0n) is 14.5. The first-order valence-electron chi connectivity index (χ1n) is 9.43. The summed E-state index contributed by atoms with van der Waals surface area (Å²) in [6.45, 7) is 0. The molecule has 0 bridgehead atoms. The number of nitrogens with zero attached hydrogens (tertiary/aromatic N) is 1. The number of para-hydroxylation sites is 1. The molecule has 2 heteroatoms. The number of rotatable bonds is 1. The molecule has 1 aliphatic rings. The van der Waals surface area contributed by atoms with Crippen LogP contribution in [0.5, 0.6) is 0 Å². The van der Waals surface area contributed by atoms with E-state index in [1.807, 2.05) is 11.3 Å². The summed E-state index contributed by atoms with van der Waals surface area (Å²) in [5, 5.41) is 4.31. The van der Waals surface area contributed by atoms with Gasteiger partial charge in [-0.1, -0.05) is 42.5 Å². The first-order valence-corrected chi connectivity index (χ1v) is 10.3. The van der Waals surface area contributed by atoms with Crippen LogP contribution in [0.2, 0.25) is 0 Å². The summed E-state index contributed by atoms with van der Waals surface area (Å²) in [6.07, 6.45) is 5.00. The molecule has 5 aromatic rings. The van der Waals surface area contributed by atoms with E-state index in [9.17, 15) is 0 Å². The molecule has 0 amide bonds. The van der Waals surface area contributed by atoms with Gasteiger partial charge in [-0.3, -0.25) is 0 Å². The Morgan fingerprint density at radius 3 is 2.46 bits per heavy atom. The van der Waals surface area contributed by atoms with E-state index in [4.69, 9.17) is 0 Å². The van der Waals surface area contributed by atoms with Crippen molar-refractivity contribution >= 4 is 42.4 Å². The van der Waals surface area contributed by atoms with Crippen molar-refractivity contribution in [3.05, 3.63) is 78.0 Å². The molecule has 1 nitrogen and oxygen atoms in total. The average Bonchev–Trinajstić information content (AvgIpc) is 3.24. The lowest BCUT2D eigenvalue weighted by atomic mass is 9.95. The van der Waals surface area contributed by atoms with Crippen LogP contribution in [-0.2, 0) is 12.8 Å². The fourth-order valence-corrected chi connectivity index (χ4v) is 5.95. The van der Waals surface area contributed by atoms with E-state index in [1.165, 1.54) is 68.1 Å². The molecule has 1 aliphatic carbocycles. The molecular formula is C24H19NS. The van der Waals surface area contributed by atoms with Gasteiger partial charge in [0.15, 0.2) is 0 Å². The van der Waals surface area contributed by atoms with Crippen molar-refractivity contribution in [3.63, 3.8) is 0 Å². The zero-order chi connectivity index (χ0) is 17.1. The molecule has 2 aromatic heterocycles. The molecule has 0 saturated carbocycles. The highest BCUT2D eigenvalue weighted by atomic mass is 32.1. The Hall–Kier alpha value is -2.58. The van der Waals surface area contributed by atoms with E-state index in [0.29, 0.717) is 0 Å². The largest absolute Gasteiger partial charge is 0.313 e. The van der Waals surface area contributed by atoms with E-state index in [-0.39, 0.29) is 0 Å². The van der Waals surface area contributed by atoms with Crippen LogP contribution in [0.3, 0.4) is 0 Å². The third-order valence-corrected chi connectivity index (χ3v) is 6.99. The second-order valence-electron chi connectivity index (χ2n) is 7.24. The molecule has 26 heavy (non-hydrogen) atoms. The number of aromatic nitrogens is 1. The van der Waals surface area contributed by atoms with Crippen LogP contribution in [0.25, 0.3) is 36.8 Å². The lowest BCUT2D eigenvalue weighted by Gasteiger charge is -2.16. The minimum absolute atomic E-state index is 1.19. The maximum absolute atomic E-state index is 2.52. The standard InChI is InChI=1S/C24H19NS/c1-2-8-16(9-3-1)25-20-12-6-4-11-19(20)23-21(25)15-14-18-17-10-5-7-13-22(17)26-24(18)23/h1-3,5,7-10,13-15H,4,6,11-12H2. The van der Waals surface area contributed by atoms with Crippen LogP contribution < -0.4 is 0 Å². The summed E-state index contributed by atoms with van der Waals surface area (Å²) >= 11 is 1.96. The van der Waals surface area contributed by atoms with E-state index < -0.39 is 0 Å². The molecule has 6 rings (SSSR count). The highest BCUT2D eigenvalue weighted by Gasteiger charge is 2.23. The summed E-state index contributed by atoms with van der Waals surface area (Å²) in [5.41, 5.74) is 5.79. The SMILES string of the molecule is c1ccc(-n2c3c(c4c5sc6ccccc6c5ccc42)CCCC3)cc1. The molecule has 3 aromatic carbocycles. The van der Waals surface area contributed by atoms with Crippen molar-refractivity contribution in [1.29, 1.82) is 0 Å². The quantitative estimate of drug-likeness (QED) is 0.310. The number of hydrogen-bond donors (Lipinski definition) is 0. The van der Waals surface area contributed by atoms with Crippen molar-refractivity contribution in [2.75, 3.05) is 0 Å². The van der Waals surface area contributed by atoms with Crippen LogP contribution in [0.4, 0.5) is 0 Å². The summed E-state index contributed by atoms with van der Waals surface area (Å²) in [5.74, 6) is 0. The zero-order valence-corrected chi connectivity index (χ0v) is 15.4. The highest BCUT2D eigenvalue weighted by molar-refractivity contribution is 7.26. The van der Waals surface area contributed by atoms with Gasteiger partial charge in [-0.2, -0.15) is 0 Å². The van der Waals surface area contributed by atoms with Gasteiger partial charge in [0.2, 0.25) is 0 Å². The summed E-state index contributed by atoms with van der Waals surface area (Å²) < 4.78 is 5.39. The Balaban J connectivity index is 1.81. The van der Waals surface area contributed by atoms with Gasteiger partial charge in [0.05, 0.1) is 5.52 Å². The molecule has 0 spiro atoms. The number of fused-ring (bicyclic) bond motifs is 7. The van der Waals surface area contributed by atoms with Crippen molar-refractivity contribution < 1.29 is 0 Å². The van der Waals surface area contributed by atoms with Crippen LogP contribution in [-0.4, -0.2) is 4.57 Å². The Kier molecular flexibility index (Phi) is 3.06. The molecule has 0 atom stereocenters. The average molecular weight is 353 g/mol. The van der Waals surface area contributed by atoms with Crippen LogP contribution >= 0.6 is 11.3 Å². The lowest BCUT2D eigenvalue weighted by Crippen LogP contribution is -2.06. The topological polar surface area (TPSA) is 4.93 Å². The van der Waals surface area contributed by atoms with Gasteiger partial charge in [0, 0.05) is 36.9 Å². The maximum Gasteiger partial charge on any atom is 0.0549 e. The van der Waals surface area contributed by atoms with Crippen LogP contribution in [0.15, 0.2) is 66.7 Å². The molecule has 0 fully saturated rings. The Morgan fingerprint density at radius 1 is 0.731 bits per heavy atom.